The van der Waals surface area contributed by atoms with E-state index < -0.39 is 81.7 Å². The molecule has 11 heteroatoms. The zero-order chi connectivity index (χ0) is 37.3. The molecule has 1 aliphatic rings. The van der Waals surface area contributed by atoms with Crippen LogP contribution in [0.3, 0.4) is 0 Å². The van der Waals surface area contributed by atoms with Crippen LogP contribution in [0.1, 0.15) is 86.7 Å². The predicted molar refractivity (Wildman–Crippen MR) is 158 cm³/mol. The number of alkyl halides is 3. The molecule has 1 aliphatic heterocycles. The normalized spacial score (nSPS) is 22.5. The lowest BCUT2D eigenvalue weighted by molar-refractivity contribution is -0.137. The third-order valence-corrected chi connectivity index (χ3v) is 7.60. The molecule has 0 spiro atoms. The lowest BCUT2D eigenvalue weighted by Gasteiger charge is -2.24. The third-order valence-electron chi connectivity index (χ3n) is 6.34. The van der Waals surface area contributed by atoms with E-state index in [0.29, 0.717) is 25.3 Å². The minimum Gasteiger partial charge on any atom is -0.357 e. The van der Waals surface area contributed by atoms with Crippen molar-refractivity contribution in [2.24, 2.45) is 0 Å². The zero-order valence-corrected chi connectivity index (χ0v) is 23.8. The van der Waals surface area contributed by atoms with Crippen molar-refractivity contribution in [3.05, 3.63) is 65.7 Å². The van der Waals surface area contributed by atoms with Gasteiger partial charge in [0.1, 0.15) is 17.4 Å². The Morgan fingerprint density at radius 2 is 1.74 bits per heavy atom. The highest BCUT2D eigenvalue weighted by Crippen LogP contribution is 2.38. The van der Waals surface area contributed by atoms with Gasteiger partial charge in [-0.25, -0.2) is 9.97 Å². The summed E-state index contributed by atoms with van der Waals surface area (Å²) in [5.41, 5.74) is -2.94. The largest absolute Gasteiger partial charge is 0.418 e. The summed E-state index contributed by atoms with van der Waals surface area (Å²) in [5.74, 6) is -1.49. The van der Waals surface area contributed by atoms with Gasteiger partial charge >= 0.3 is 6.18 Å². The molecule has 3 aromatic rings. The summed E-state index contributed by atoms with van der Waals surface area (Å²) in [6.07, 6.45) is -12.3. The fraction of sp³-hybridized carbons (Fsp3) is 0.452. The van der Waals surface area contributed by atoms with Crippen LogP contribution in [0.2, 0.25) is 0 Å². The summed E-state index contributed by atoms with van der Waals surface area (Å²) < 4.78 is 141. The number of hydrogen-bond donors (Lipinski definition) is 1. The molecular weight excluding hydrogens is 565 g/mol. The molecule has 0 atom stereocenters. The number of rotatable bonds is 4. The summed E-state index contributed by atoms with van der Waals surface area (Å²) >= 11 is 0. The van der Waals surface area contributed by atoms with Crippen LogP contribution in [-0.2, 0) is 27.4 Å². The lowest BCUT2D eigenvalue weighted by atomic mass is 9.96. The Balaban J connectivity index is 1.90. The molecule has 42 heavy (non-hydrogen) atoms. The van der Waals surface area contributed by atoms with Gasteiger partial charge in [-0.15, -0.1) is 0 Å². The summed E-state index contributed by atoms with van der Waals surface area (Å²) in [7, 11) is -4.73. The number of hydrogen-bond acceptors (Lipinski definition) is 6. The maximum absolute atomic E-state index is 14.3. The Bertz CT molecular complexity index is 1830. The molecule has 7 nitrogen and oxygen atoms in total. The Kier molecular flexibility index (Phi) is 7.44. The topological polar surface area (TPSA) is 92.3 Å². The highest BCUT2D eigenvalue weighted by Gasteiger charge is 2.35. The van der Waals surface area contributed by atoms with Gasteiger partial charge in [-0.2, -0.15) is 21.6 Å². The van der Waals surface area contributed by atoms with Crippen molar-refractivity contribution in [3.63, 3.8) is 0 Å². The van der Waals surface area contributed by atoms with Crippen LogP contribution in [0.5, 0.6) is 0 Å². The number of benzene rings is 1. The van der Waals surface area contributed by atoms with Crippen LogP contribution in [-0.4, -0.2) is 37.2 Å². The predicted octanol–water partition coefficient (Wildman–Crippen LogP) is 7.43. The van der Waals surface area contributed by atoms with Crippen molar-refractivity contribution in [1.29, 1.82) is 0 Å². The number of carbonyl (C=O) groups is 1. The second kappa shape index (κ2) is 14.1. The van der Waals surface area contributed by atoms with Gasteiger partial charge in [0.15, 0.2) is 5.03 Å². The number of ketones is 1. The molecule has 0 saturated heterocycles. The van der Waals surface area contributed by atoms with Crippen LogP contribution in [0, 0.1) is 0 Å². The number of anilines is 2. The molecule has 0 amide bonds. The van der Waals surface area contributed by atoms with Crippen LogP contribution in [0.15, 0.2) is 59.6 Å². The third kappa shape index (κ3) is 8.53. The second-order valence-electron chi connectivity index (χ2n) is 9.71. The van der Waals surface area contributed by atoms with Gasteiger partial charge < -0.3 is 9.69 Å². The summed E-state index contributed by atoms with van der Waals surface area (Å²) in [5, 5.41) is -0.689. The van der Waals surface area contributed by atoms with E-state index in [9.17, 15) is 26.4 Å². The number of Topliss-reactive ketones (excluding diaryl/α,β-unsaturated/α-hetero) is 1. The monoisotopic (exact) mass is 610 g/mol. The first-order valence-corrected chi connectivity index (χ1v) is 14.9. The minimum atomic E-state index is -5.02. The molecule has 4 rings (SSSR count). The SMILES string of the molecule is [2H]C1([2H])CCCCCCCN(C([2H])([2H])C([2H])([2H])CC(C)=O)c2cccc(n2)S(=O)(=O)Nc2ccc(C(F)(F)F)c(n2)-c2ccccc2C1([2H])[2H]. The van der Waals surface area contributed by atoms with Crippen LogP contribution in [0.25, 0.3) is 11.3 Å². The number of carbonyl (C=O) groups excluding carboxylic acids is 1. The van der Waals surface area contributed by atoms with Gasteiger partial charge in [-0.3, -0.25) is 4.72 Å². The Hall–Kier alpha value is -3.47. The van der Waals surface area contributed by atoms with E-state index in [1.54, 1.807) is 0 Å². The molecule has 4 bridgehead atoms. The first kappa shape index (κ1) is 22.1. The van der Waals surface area contributed by atoms with Crippen molar-refractivity contribution in [3.8, 4) is 11.3 Å². The van der Waals surface area contributed by atoms with E-state index >= 15 is 0 Å². The average Bonchev–Trinajstić information content (AvgIpc) is 3.00. The standard InChI is InChI=1S/C31H37F3N4O3S/c1-23(39)13-12-22-38-21-10-6-4-2-3-5-7-14-24-15-8-9-16-25(24)30-26(31(32,33)34)19-20-27(35-30)37-42(40,41)29-18-11-17-28(38)36-29/h8-9,11,15-20H,2-7,10,12-14,21-22H2,1H3,(H,35,37)/i7D2,12D2,14D2,22D2. The Morgan fingerprint density at radius 1 is 1.00 bits per heavy atom. The molecule has 0 aliphatic carbocycles. The second-order valence-corrected chi connectivity index (χ2v) is 11.3. The van der Waals surface area contributed by atoms with E-state index in [1.165, 1.54) is 30.3 Å². The number of aryl methyl sites for hydroxylation is 1. The maximum atomic E-state index is 14.3. The number of sulfonamides is 1. The summed E-state index contributed by atoms with van der Waals surface area (Å²) in [4.78, 5) is 20.8. The fourth-order valence-electron chi connectivity index (χ4n) is 4.30. The van der Waals surface area contributed by atoms with Gasteiger partial charge in [0.25, 0.3) is 10.0 Å². The molecule has 2 aromatic heterocycles. The molecule has 1 N–H and O–H groups in total. The van der Waals surface area contributed by atoms with Crippen LogP contribution < -0.4 is 9.62 Å². The van der Waals surface area contributed by atoms with Gasteiger partial charge in [0, 0.05) is 36.0 Å². The molecule has 226 valence electrons. The highest BCUT2D eigenvalue weighted by molar-refractivity contribution is 7.92. The average molecular weight is 611 g/mol. The summed E-state index contributed by atoms with van der Waals surface area (Å²) in [6.45, 7) is -1.91. The smallest absolute Gasteiger partial charge is 0.357 e. The fourth-order valence-corrected chi connectivity index (χ4v) is 5.27. The summed E-state index contributed by atoms with van der Waals surface area (Å²) in [6, 6.07) is 9.92. The number of halogens is 3. The maximum Gasteiger partial charge on any atom is 0.418 e. The van der Waals surface area contributed by atoms with Crippen molar-refractivity contribution in [2.75, 3.05) is 22.7 Å². The van der Waals surface area contributed by atoms with Gasteiger partial charge in [0.05, 0.1) is 11.3 Å². The molecule has 0 fully saturated rings. The molecule has 0 radical (unpaired) electrons. The zero-order valence-electron chi connectivity index (χ0n) is 31.0. The lowest BCUT2D eigenvalue weighted by Crippen LogP contribution is -2.28. The van der Waals surface area contributed by atoms with Crippen molar-refractivity contribution < 1.29 is 37.3 Å². The van der Waals surface area contributed by atoms with Crippen LogP contribution in [0.4, 0.5) is 24.8 Å². The van der Waals surface area contributed by atoms with E-state index in [4.69, 9.17) is 11.0 Å². The molecule has 0 saturated carbocycles. The van der Waals surface area contributed by atoms with Crippen molar-refractivity contribution in [2.45, 2.75) is 82.2 Å². The number of fused-ring (bicyclic) bond motifs is 6. The van der Waals surface area contributed by atoms with Crippen molar-refractivity contribution >= 4 is 27.4 Å². The molecular formula is C31H37F3N4O3S. The highest BCUT2D eigenvalue weighted by atomic mass is 32.2. The van der Waals surface area contributed by atoms with Crippen molar-refractivity contribution in [1.82, 2.24) is 9.97 Å². The van der Waals surface area contributed by atoms with Gasteiger partial charge in [0.2, 0.25) is 0 Å². The molecule has 1 aromatic carbocycles. The van der Waals surface area contributed by atoms with E-state index in [0.717, 1.165) is 30.0 Å². The van der Waals surface area contributed by atoms with E-state index in [1.807, 2.05) is 0 Å². The number of pyridine rings is 2. The quantitative estimate of drug-likeness (QED) is 0.330. The first-order chi connectivity index (χ1) is 23.0. The van der Waals surface area contributed by atoms with Gasteiger partial charge in [-0.1, -0.05) is 62.4 Å². The minimum absolute atomic E-state index is 0.154. The number of aromatic nitrogens is 2. The molecule has 0 unspecified atom stereocenters. The Morgan fingerprint density at radius 3 is 2.50 bits per heavy atom. The number of nitrogens with one attached hydrogen (secondary N) is 1. The van der Waals surface area contributed by atoms with Gasteiger partial charge in [-0.05, 0) is 62.3 Å². The molecule has 3 heterocycles. The first-order valence-electron chi connectivity index (χ1n) is 17.5. The van der Waals surface area contributed by atoms with E-state index in [2.05, 4.69) is 14.7 Å². The van der Waals surface area contributed by atoms with E-state index in [-0.39, 0.29) is 37.2 Å². The van der Waals surface area contributed by atoms with Crippen LogP contribution >= 0.6 is 0 Å². The Labute approximate surface area is 256 Å². The number of nitrogens with zero attached hydrogens (tertiary/aromatic N) is 3.